The highest BCUT2D eigenvalue weighted by molar-refractivity contribution is 4.71. The number of hydrazine groups is 2. The number of hydrogen-bond donors (Lipinski definition) is 1. The highest BCUT2D eigenvalue weighted by Crippen LogP contribution is 2.07. The number of aliphatic hydroxyl groups excluding tert-OH is 1. The lowest BCUT2D eigenvalue weighted by atomic mass is 10.4. The lowest BCUT2D eigenvalue weighted by molar-refractivity contribution is 0.0894. The van der Waals surface area contributed by atoms with Gasteiger partial charge in [0.05, 0.1) is 12.2 Å². The van der Waals surface area contributed by atoms with Crippen LogP contribution in [0, 0.1) is 0 Å². The van der Waals surface area contributed by atoms with E-state index >= 15 is 0 Å². The molecule has 17 heavy (non-hydrogen) atoms. The molecule has 2 heterocycles. The molecule has 6 nitrogen and oxygen atoms in total. The lowest BCUT2D eigenvalue weighted by Gasteiger charge is -2.16. The molecule has 0 aromatic heterocycles. The molecule has 2 aliphatic rings. The normalized spacial score (nSPS) is 26.5. The van der Waals surface area contributed by atoms with Crippen LogP contribution in [0.3, 0.4) is 0 Å². The summed E-state index contributed by atoms with van der Waals surface area (Å²) in [7, 11) is 9.84. The van der Waals surface area contributed by atoms with Gasteiger partial charge in [0.15, 0.2) is 0 Å². The van der Waals surface area contributed by atoms with Gasteiger partial charge >= 0.3 is 0 Å². The van der Waals surface area contributed by atoms with Crippen molar-refractivity contribution in [1.29, 1.82) is 0 Å². The van der Waals surface area contributed by atoms with Gasteiger partial charge in [0.2, 0.25) is 0 Å². The number of ether oxygens (including phenoxy) is 1. The Bertz CT molecular complexity index is 210. The van der Waals surface area contributed by atoms with Gasteiger partial charge in [-0.15, -0.1) is 0 Å². The van der Waals surface area contributed by atoms with Crippen molar-refractivity contribution in [3.05, 3.63) is 0 Å². The van der Waals surface area contributed by atoms with Crippen LogP contribution in [0.25, 0.3) is 0 Å². The maximum Gasteiger partial charge on any atom is 0.0852 e. The van der Waals surface area contributed by atoms with E-state index in [9.17, 15) is 0 Å². The summed E-state index contributed by atoms with van der Waals surface area (Å²) in [6.45, 7) is 3.59. The van der Waals surface area contributed by atoms with Gasteiger partial charge in [-0.3, -0.25) is 0 Å². The maximum absolute atomic E-state index is 8.99. The van der Waals surface area contributed by atoms with Crippen molar-refractivity contribution in [2.45, 2.75) is 12.2 Å². The molecule has 0 aromatic rings. The minimum Gasteiger partial charge on any atom is -0.390 e. The molecule has 0 saturated carbocycles. The molecule has 0 atom stereocenters. The molecule has 1 N–H and O–H groups in total. The molecule has 0 bridgehead atoms. The van der Waals surface area contributed by atoms with Gasteiger partial charge in [0, 0.05) is 61.5 Å². The summed E-state index contributed by atoms with van der Waals surface area (Å²) < 4.78 is 5.17. The topological polar surface area (TPSA) is 42.4 Å². The Kier molecular flexibility index (Phi) is 5.78. The fraction of sp³-hybridized carbons (Fsp3) is 1.00. The van der Waals surface area contributed by atoms with Crippen molar-refractivity contribution in [2.75, 3.05) is 61.5 Å². The van der Waals surface area contributed by atoms with Gasteiger partial charge < -0.3 is 9.84 Å². The zero-order valence-corrected chi connectivity index (χ0v) is 11.6. The highest BCUT2D eigenvalue weighted by Gasteiger charge is 2.23. The molecule has 0 aromatic carbocycles. The Balaban J connectivity index is 0.000000171. The quantitative estimate of drug-likeness (QED) is 0.636. The molecular weight excluding hydrogens is 220 g/mol. The number of nitrogens with zero attached hydrogens (tertiary/aromatic N) is 4. The molecule has 2 rings (SSSR count). The number of likely N-dealkylation sites (N-methyl/N-ethyl adjacent to an activating group) is 4. The third-order valence-electron chi connectivity index (χ3n) is 3.38. The second-order valence-corrected chi connectivity index (χ2v) is 4.87. The van der Waals surface area contributed by atoms with Crippen LogP contribution in [-0.2, 0) is 4.74 Å². The number of hydrogen-bond acceptors (Lipinski definition) is 6. The molecule has 0 amide bonds. The summed E-state index contributed by atoms with van der Waals surface area (Å²) in [5, 5.41) is 17.3. The number of rotatable bonds is 1. The number of methoxy groups -OCH3 is 1. The largest absolute Gasteiger partial charge is 0.390 e. The fourth-order valence-corrected chi connectivity index (χ4v) is 2.02. The Morgan fingerprint density at radius 1 is 0.824 bits per heavy atom. The van der Waals surface area contributed by atoms with Crippen LogP contribution in [-0.4, -0.2) is 98.8 Å². The van der Waals surface area contributed by atoms with Crippen molar-refractivity contribution in [2.24, 2.45) is 0 Å². The molecule has 0 unspecified atom stereocenters. The van der Waals surface area contributed by atoms with Crippen molar-refractivity contribution < 1.29 is 9.84 Å². The first kappa shape index (κ1) is 14.8. The molecule has 2 aliphatic heterocycles. The van der Waals surface area contributed by atoms with Crippen LogP contribution in [0.15, 0.2) is 0 Å². The third kappa shape index (κ3) is 4.50. The molecule has 102 valence electrons. The summed E-state index contributed by atoms with van der Waals surface area (Å²) in [5.74, 6) is 0. The molecule has 0 spiro atoms. The van der Waals surface area contributed by atoms with E-state index in [1.165, 1.54) is 0 Å². The van der Waals surface area contributed by atoms with Gasteiger partial charge in [-0.25, -0.2) is 20.0 Å². The van der Waals surface area contributed by atoms with E-state index in [0.29, 0.717) is 6.10 Å². The zero-order valence-electron chi connectivity index (χ0n) is 11.6. The molecular formula is C11H26N4O2. The maximum atomic E-state index is 8.99. The standard InChI is InChI=1S/C6H14N2O.C5H12N2O/c1-7-4-6(9-3)5-8(7)2;1-6-3-5(8)4-7(6)2/h6H,4-5H2,1-3H3;5,8H,3-4H2,1-2H3. The summed E-state index contributed by atoms with van der Waals surface area (Å²) in [6, 6.07) is 0. The Morgan fingerprint density at radius 2 is 1.18 bits per heavy atom. The van der Waals surface area contributed by atoms with E-state index in [-0.39, 0.29) is 6.10 Å². The molecule has 0 aliphatic carbocycles. The van der Waals surface area contributed by atoms with Crippen LogP contribution in [0.1, 0.15) is 0 Å². The van der Waals surface area contributed by atoms with E-state index < -0.39 is 0 Å². The summed E-state index contributed by atoms with van der Waals surface area (Å²) >= 11 is 0. The minimum atomic E-state index is -0.148. The van der Waals surface area contributed by atoms with Gasteiger partial charge in [-0.1, -0.05) is 0 Å². The minimum absolute atomic E-state index is 0.148. The van der Waals surface area contributed by atoms with Crippen molar-refractivity contribution >= 4 is 0 Å². The average molecular weight is 246 g/mol. The SMILES string of the molecule is CN1CC(O)CN1C.COC1CN(C)N(C)C1. The summed E-state index contributed by atoms with van der Waals surface area (Å²) in [6.07, 6.45) is 0.255. The van der Waals surface area contributed by atoms with Gasteiger partial charge in [0.1, 0.15) is 0 Å². The van der Waals surface area contributed by atoms with Crippen LogP contribution in [0.2, 0.25) is 0 Å². The van der Waals surface area contributed by atoms with Crippen LogP contribution < -0.4 is 0 Å². The summed E-state index contributed by atoms with van der Waals surface area (Å²) in [5.41, 5.74) is 0. The Morgan fingerprint density at radius 3 is 1.35 bits per heavy atom. The highest BCUT2D eigenvalue weighted by atomic mass is 16.5. The van der Waals surface area contributed by atoms with Crippen LogP contribution >= 0.6 is 0 Å². The first-order valence-electron chi connectivity index (χ1n) is 5.99. The number of aliphatic hydroxyl groups is 1. The van der Waals surface area contributed by atoms with Crippen LogP contribution in [0.5, 0.6) is 0 Å². The number of β-amino-alcohol motifs (C(OH)–C–C–N with tert-alkyl or cyclic N) is 1. The Labute approximate surface area is 104 Å². The van der Waals surface area contributed by atoms with Crippen molar-refractivity contribution in [3.8, 4) is 0 Å². The first-order chi connectivity index (χ1) is 7.93. The van der Waals surface area contributed by atoms with Crippen molar-refractivity contribution in [3.63, 3.8) is 0 Å². The second-order valence-electron chi connectivity index (χ2n) is 4.87. The fourth-order valence-electron chi connectivity index (χ4n) is 2.02. The van der Waals surface area contributed by atoms with Gasteiger partial charge in [-0.05, 0) is 0 Å². The van der Waals surface area contributed by atoms with Crippen molar-refractivity contribution in [1.82, 2.24) is 20.0 Å². The van der Waals surface area contributed by atoms with E-state index in [2.05, 4.69) is 24.1 Å². The lowest BCUT2D eigenvalue weighted by Crippen LogP contribution is -2.28. The Hall–Kier alpha value is -0.240. The van der Waals surface area contributed by atoms with E-state index in [1.807, 2.05) is 24.1 Å². The second kappa shape index (κ2) is 6.63. The third-order valence-corrected chi connectivity index (χ3v) is 3.38. The monoisotopic (exact) mass is 246 g/mol. The smallest absolute Gasteiger partial charge is 0.0852 e. The van der Waals surface area contributed by atoms with E-state index in [1.54, 1.807) is 7.11 Å². The summed E-state index contributed by atoms with van der Waals surface area (Å²) in [4.78, 5) is 0. The molecule has 2 saturated heterocycles. The predicted octanol–water partition coefficient (Wildman–Crippen LogP) is -1.07. The van der Waals surface area contributed by atoms with Crippen LogP contribution in [0.4, 0.5) is 0 Å². The van der Waals surface area contributed by atoms with E-state index in [4.69, 9.17) is 9.84 Å². The van der Waals surface area contributed by atoms with Gasteiger partial charge in [0.25, 0.3) is 0 Å². The molecule has 6 heteroatoms. The zero-order chi connectivity index (χ0) is 13.0. The average Bonchev–Trinajstić information content (AvgIpc) is 2.72. The predicted molar refractivity (Wildman–Crippen MR) is 67.3 cm³/mol. The molecule has 0 radical (unpaired) electrons. The van der Waals surface area contributed by atoms with E-state index in [0.717, 1.165) is 26.2 Å². The molecule has 2 fully saturated rings. The first-order valence-corrected chi connectivity index (χ1v) is 5.99. The van der Waals surface area contributed by atoms with Gasteiger partial charge in [-0.2, -0.15) is 0 Å².